The number of ether oxygens (including phenoxy) is 1. The van der Waals surface area contributed by atoms with Crippen molar-refractivity contribution >= 4 is 5.91 Å². The minimum absolute atomic E-state index is 0.197. The minimum atomic E-state index is -4.63. The van der Waals surface area contributed by atoms with Crippen molar-refractivity contribution in [2.24, 2.45) is 0 Å². The van der Waals surface area contributed by atoms with Crippen molar-refractivity contribution in [3.63, 3.8) is 0 Å². The van der Waals surface area contributed by atoms with E-state index in [0.29, 0.717) is 24.8 Å². The Labute approximate surface area is 113 Å². The van der Waals surface area contributed by atoms with E-state index >= 15 is 0 Å². The molecule has 7 heteroatoms. The second-order valence-electron chi connectivity index (χ2n) is 4.23. The summed E-state index contributed by atoms with van der Waals surface area (Å²) in [5, 5.41) is 2.38. The number of carbonyl (C=O) groups excluding carboxylic acids is 1. The lowest BCUT2D eigenvalue weighted by Crippen LogP contribution is -2.36. The molecule has 0 bridgehead atoms. The molecule has 3 nitrogen and oxygen atoms in total. The molecule has 0 aliphatic heterocycles. The van der Waals surface area contributed by atoms with Crippen LogP contribution in [0.5, 0.6) is 0 Å². The van der Waals surface area contributed by atoms with Crippen molar-refractivity contribution in [1.29, 1.82) is 0 Å². The maximum Gasteiger partial charge on any atom is 0.416 e. The highest BCUT2D eigenvalue weighted by Crippen LogP contribution is 2.30. The van der Waals surface area contributed by atoms with Crippen LogP contribution < -0.4 is 5.32 Å². The van der Waals surface area contributed by atoms with Gasteiger partial charge in [0.15, 0.2) is 0 Å². The first kappa shape index (κ1) is 16.4. The predicted octanol–water partition coefficient (Wildman–Crippen LogP) is 3.00. The van der Waals surface area contributed by atoms with Crippen LogP contribution in [-0.2, 0) is 10.9 Å². The van der Waals surface area contributed by atoms with Crippen molar-refractivity contribution in [3.05, 3.63) is 35.1 Å². The van der Waals surface area contributed by atoms with E-state index < -0.39 is 35.1 Å². The molecule has 0 aliphatic carbocycles. The van der Waals surface area contributed by atoms with E-state index in [1.54, 1.807) is 13.8 Å². The minimum Gasteiger partial charge on any atom is -0.380 e. The van der Waals surface area contributed by atoms with Gasteiger partial charge in [-0.3, -0.25) is 4.79 Å². The number of nitrogens with one attached hydrogen (secondary N) is 1. The zero-order valence-electron chi connectivity index (χ0n) is 11.1. The fourth-order valence-corrected chi connectivity index (χ4v) is 1.51. The lowest BCUT2D eigenvalue weighted by atomic mass is 10.1. The Bertz CT molecular complexity index is 474. The van der Waals surface area contributed by atoms with Crippen molar-refractivity contribution in [3.8, 4) is 0 Å². The highest BCUT2D eigenvalue weighted by Gasteiger charge is 2.32. The molecule has 1 aromatic rings. The number of hydrogen-bond donors (Lipinski definition) is 1. The van der Waals surface area contributed by atoms with Crippen LogP contribution in [0.3, 0.4) is 0 Å². The van der Waals surface area contributed by atoms with Crippen molar-refractivity contribution < 1.29 is 27.1 Å². The number of amides is 1. The van der Waals surface area contributed by atoms with E-state index in [1.165, 1.54) is 0 Å². The fraction of sp³-hybridized carbons (Fsp3) is 0.462. The van der Waals surface area contributed by atoms with E-state index in [0.717, 1.165) is 0 Å². The number of alkyl halides is 3. The maximum absolute atomic E-state index is 13.5. The first-order valence-corrected chi connectivity index (χ1v) is 6.01. The molecular weight excluding hydrogens is 278 g/mol. The highest BCUT2D eigenvalue weighted by molar-refractivity contribution is 5.94. The number of hydrogen-bond acceptors (Lipinski definition) is 2. The second kappa shape index (κ2) is 6.69. The van der Waals surface area contributed by atoms with Crippen LogP contribution >= 0.6 is 0 Å². The third kappa shape index (κ3) is 4.48. The Kier molecular flexibility index (Phi) is 5.50. The number of benzene rings is 1. The molecular formula is C13H15F4NO2. The molecule has 0 aromatic heterocycles. The summed E-state index contributed by atoms with van der Waals surface area (Å²) in [6.45, 7) is 4.01. The molecule has 1 atom stereocenters. The SMILES string of the molecule is CCOCC(C)NC(=O)c1cc(C(F)(F)F)ccc1F. The van der Waals surface area contributed by atoms with Gasteiger partial charge in [-0.1, -0.05) is 0 Å². The first-order valence-electron chi connectivity index (χ1n) is 6.01. The molecule has 112 valence electrons. The first-order chi connectivity index (χ1) is 9.25. The van der Waals surface area contributed by atoms with Gasteiger partial charge in [-0.15, -0.1) is 0 Å². The third-order valence-electron chi connectivity index (χ3n) is 2.49. The predicted molar refractivity (Wildman–Crippen MR) is 64.8 cm³/mol. The van der Waals surface area contributed by atoms with Gasteiger partial charge in [-0.05, 0) is 32.0 Å². The molecule has 1 rings (SSSR count). The fourth-order valence-electron chi connectivity index (χ4n) is 1.51. The lowest BCUT2D eigenvalue weighted by molar-refractivity contribution is -0.137. The van der Waals surface area contributed by atoms with Gasteiger partial charge in [0.2, 0.25) is 0 Å². The molecule has 1 unspecified atom stereocenters. The summed E-state index contributed by atoms with van der Waals surface area (Å²) in [6, 6.07) is 1.29. The van der Waals surface area contributed by atoms with E-state index in [-0.39, 0.29) is 6.61 Å². The van der Waals surface area contributed by atoms with Gasteiger partial charge in [0.25, 0.3) is 5.91 Å². The Balaban J connectivity index is 2.87. The summed E-state index contributed by atoms with van der Waals surface area (Å²) < 4.78 is 56.1. The second-order valence-corrected chi connectivity index (χ2v) is 4.23. The molecule has 0 aliphatic rings. The molecule has 0 heterocycles. The van der Waals surface area contributed by atoms with E-state index in [9.17, 15) is 22.4 Å². The molecule has 0 radical (unpaired) electrons. The van der Waals surface area contributed by atoms with E-state index in [1.807, 2.05) is 0 Å². The third-order valence-corrected chi connectivity index (χ3v) is 2.49. The van der Waals surface area contributed by atoms with Crippen molar-refractivity contribution in [2.75, 3.05) is 13.2 Å². The Morgan fingerprint density at radius 3 is 2.60 bits per heavy atom. The van der Waals surface area contributed by atoms with Crippen LogP contribution in [0.25, 0.3) is 0 Å². The Morgan fingerprint density at radius 1 is 1.40 bits per heavy atom. The quantitative estimate of drug-likeness (QED) is 0.848. The van der Waals surface area contributed by atoms with Crippen LogP contribution in [0.2, 0.25) is 0 Å². The molecule has 0 fully saturated rings. The van der Waals surface area contributed by atoms with Crippen LogP contribution in [0.15, 0.2) is 18.2 Å². The highest BCUT2D eigenvalue weighted by atomic mass is 19.4. The Hall–Kier alpha value is -1.63. The summed E-state index contributed by atoms with van der Waals surface area (Å²) in [7, 11) is 0. The lowest BCUT2D eigenvalue weighted by Gasteiger charge is -2.15. The van der Waals surface area contributed by atoms with Gasteiger partial charge >= 0.3 is 6.18 Å². The van der Waals surface area contributed by atoms with Gasteiger partial charge in [0.05, 0.1) is 17.7 Å². The largest absolute Gasteiger partial charge is 0.416 e. The van der Waals surface area contributed by atoms with Crippen LogP contribution in [0.1, 0.15) is 29.8 Å². The topological polar surface area (TPSA) is 38.3 Å². The average Bonchev–Trinajstić information content (AvgIpc) is 2.35. The summed E-state index contributed by atoms with van der Waals surface area (Å²) in [6.07, 6.45) is -4.63. The zero-order chi connectivity index (χ0) is 15.3. The molecule has 1 amide bonds. The molecule has 0 saturated heterocycles. The Morgan fingerprint density at radius 2 is 2.05 bits per heavy atom. The van der Waals surface area contributed by atoms with E-state index in [2.05, 4.69) is 5.32 Å². The maximum atomic E-state index is 13.5. The normalized spacial score (nSPS) is 13.1. The van der Waals surface area contributed by atoms with Gasteiger partial charge in [0, 0.05) is 12.6 Å². The molecule has 0 spiro atoms. The summed E-state index contributed by atoms with van der Waals surface area (Å²) >= 11 is 0. The van der Waals surface area contributed by atoms with Gasteiger partial charge in [-0.2, -0.15) is 13.2 Å². The summed E-state index contributed by atoms with van der Waals surface area (Å²) in [5.74, 6) is -1.90. The zero-order valence-corrected chi connectivity index (χ0v) is 11.1. The van der Waals surface area contributed by atoms with Crippen LogP contribution in [0.4, 0.5) is 17.6 Å². The van der Waals surface area contributed by atoms with Gasteiger partial charge in [-0.25, -0.2) is 4.39 Å². The summed E-state index contributed by atoms with van der Waals surface area (Å²) in [4.78, 5) is 11.7. The average molecular weight is 293 g/mol. The smallest absolute Gasteiger partial charge is 0.380 e. The number of halogens is 4. The molecule has 20 heavy (non-hydrogen) atoms. The van der Waals surface area contributed by atoms with Crippen molar-refractivity contribution in [1.82, 2.24) is 5.32 Å². The van der Waals surface area contributed by atoms with Crippen LogP contribution in [-0.4, -0.2) is 25.2 Å². The van der Waals surface area contributed by atoms with Gasteiger partial charge < -0.3 is 10.1 Å². The van der Waals surface area contributed by atoms with Crippen molar-refractivity contribution in [2.45, 2.75) is 26.1 Å². The molecule has 1 aromatic carbocycles. The van der Waals surface area contributed by atoms with E-state index in [4.69, 9.17) is 4.74 Å². The standard InChI is InChI=1S/C13H15F4NO2/c1-3-20-7-8(2)18-12(19)10-6-9(13(15,16)17)4-5-11(10)14/h4-6,8H,3,7H2,1-2H3,(H,18,19). The molecule has 1 N–H and O–H groups in total. The summed E-state index contributed by atoms with van der Waals surface area (Å²) in [5.41, 5.74) is -1.70. The number of carbonyl (C=O) groups is 1. The van der Waals surface area contributed by atoms with Crippen LogP contribution in [0, 0.1) is 5.82 Å². The number of rotatable bonds is 5. The van der Waals surface area contributed by atoms with Gasteiger partial charge in [0.1, 0.15) is 5.82 Å². The monoisotopic (exact) mass is 293 g/mol. The molecule has 0 saturated carbocycles.